The second-order valence-corrected chi connectivity index (χ2v) is 12.3. The first-order chi connectivity index (χ1) is 20.9. The van der Waals surface area contributed by atoms with E-state index >= 15 is 0 Å². The Balaban J connectivity index is 0.000000190. The summed E-state index contributed by atoms with van der Waals surface area (Å²) in [6.07, 6.45) is 16.1. The van der Waals surface area contributed by atoms with Crippen molar-refractivity contribution in [1.29, 1.82) is 0 Å². The molecule has 234 valence electrons. The minimum atomic E-state index is 0.647. The number of aryl methyl sites for hydroxylation is 4. The van der Waals surface area contributed by atoms with Crippen LogP contribution in [0.4, 0.5) is 0 Å². The van der Waals surface area contributed by atoms with Crippen molar-refractivity contribution in [3.05, 3.63) is 101 Å². The molecular formula is C38H52N6. The molecule has 1 aliphatic heterocycles. The smallest absolute Gasteiger partial charge is 0.113 e. The van der Waals surface area contributed by atoms with Crippen molar-refractivity contribution in [2.75, 3.05) is 0 Å². The second-order valence-electron chi connectivity index (χ2n) is 12.3. The highest BCUT2D eigenvalue weighted by Gasteiger charge is 2.25. The van der Waals surface area contributed by atoms with Crippen LogP contribution in [0.25, 0.3) is 5.57 Å². The Morgan fingerprint density at radius 1 is 0.795 bits per heavy atom. The molecule has 3 aliphatic rings. The minimum absolute atomic E-state index is 0.647. The lowest BCUT2D eigenvalue weighted by Gasteiger charge is -2.26. The van der Waals surface area contributed by atoms with Crippen molar-refractivity contribution in [1.82, 2.24) is 20.2 Å². The first-order valence-electron chi connectivity index (χ1n) is 16.0. The first-order valence-corrected chi connectivity index (χ1v) is 16.0. The van der Waals surface area contributed by atoms with Gasteiger partial charge in [0.2, 0.25) is 0 Å². The summed E-state index contributed by atoms with van der Waals surface area (Å²) in [5.41, 5.74) is 12.9. The van der Waals surface area contributed by atoms with E-state index in [0.29, 0.717) is 11.8 Å². The maximum absolute atomic E-state index is 4.71. The van der Waals surface area contributed by atoms with Gasteiger partial charge in [-0.3, -0.25) is 15.0 Å². The molecule has 2 aromatic heterocycles. The zero-order valence-electron chi connectivity index (χ0n) is 28.6. The lowest BCUT2D eigenvalue weighted by Crippen LogP contribution is -2.23. The highest BCUT2D eigenvalue weighted by Crippen LogP contribution is 2.33. The van der Waals surface area contributed by atoms with Crippen LogP contribution < -0.4 is 0 Å². The summed E-state index contributed by atoms with van der Waals surface area (Å²) in [6.45, 7) is 26.6. The van der Waals surface area contributed by atoms with E-state index in [1.54, 1.807) is 6.20 Å². The number of aromatic nitrogens is 4. The van der Waals surface area contributed by atoms with Gasteiger partial charge in [0.05, 0.1) is 40.4 Å². The molecule has 6 nitrogen and oxygen atoms in total. The van der Waals surface area contributed by atoms with Gasteiger partial charge in [-0.2, -0.15) is 10.2 Å². The quantitative estimate of drug-likeness (QED) is 0.324. The summed E-state index contributed by atoms with van der Waals surface area (Å²) in [5.74, 6) is 1.30. The third-order valence-corrected chi connectivity index (χ3v) is 8.92. The van der Waals surface area contributed by atoms with Gasteiger partial charge in [-0.1, -0.05) is 43.4 Å². The van der Waals surface area contributed by atoms with Crippen molar-refractivity contribution in [3.8, 4) is 0 Å². The average molecular weight is 593 g/mol. The molecule has 0 saturated carbocycles. The van der Waals surface area contributed by atoms with Gasteiger partial charge in [-0.25, -0.2) is 4.98 Å². The Kier molecular flexibility index (Phi) is 13.1. The molecule has 2 radical (unpaired) electrons. The van der Waals surface area contributed by atoms with E-state index in [0.717, 1.165) is 78.4 Å². The minimum Gasteiger partial charge on any atom is -0.276 e. The van der Waals surface area contributed by atoms with Gasteiger partial charge in [0.15, 0.2) is 0 Å². The number of nitrogens with zero attached hydrogens (tertiary/aromatic N) is 6. The molecule has 5 rings (SSSR count). The van der Waals surface area contributed by atoms with E-state index in [2.05, 4.69) is 78.2 Å². The second kappa shape index (κ2) is 16.5. The standard InChI is InChI=1S/C16H22N2.C15H20N2.C7H10N2/c1-10(2)14-6-8-15(9-7-14)16-13(5)17-11(3)12(4)18-16;1-10(2)13-5-7-14(8-6-13)15-9-16-11(3)12(4)17-15;1-3-7-4-5-8-9-6(7)2/h8,14H,1,6-7,9H2,2-5H3;7,9,13H,1,5-6,8H2,2-4H3;4-5H,3H2,1-2H3. The van der Waals surface area contributed by atoms with Gasteiger partial charge < -0.3 is 0 Å². The van der Waals surface area contributed by atoms with E-state index in [1.165, 1.54) is 40.7 Å². The van der Waals surface area contributed by atoms with E-state index < -0.39 is 0 Å². The topological polar surface area (TPSA) is 76.3 Å². The highest BCUT2D eigenvalue weighted by atomic mass is 15.1. The lowest BCUT2D eigenvalue weighted by atomic mass is 9.83. The average Bonchev–Trinajstić information content (AvgIpc) is 3.01. The molecule has 0 N–H and O–H groups in total. The summed E-state index contributed by atoms with van der Waals surface area (Å²) >= 11 is 0. The molecule has 0 bridgehead atoms. The van der Waals surface area contributed by atoms with Crippen molar-refractivity contribution in [2.24, 2.45) is 21.8 Å². The molecule has 2 aliphatic carbocycles. The zero-order chi connectivity index (χ0) is 32.4. The van der Waals surface area contributed by atoms with Gasteiger partial charge in [0.1, 0.15) is 12.1 Å². The van der Waals surface area contributed by atoms with Crippen molar-refractivity contribution < 1.29 is 0 Å². The molecule has 0 saturated heterocycles. The SMILES string of the molecule is C=C(C)C1CC=C(C2=N[C](C)[C](C)N=C2C)CC1.C=C(C)C1CC=C(c2cnc(C)c(C)n2)CC1.CCc1ccnnc1C. The molecule has 0 fully saturated rings. The Bertz CT molecular complexity index is 1440. The van der Waals surface area contributed by atoms with Crippen LogP contribution in [0.3, 0.4) is 0 Å². The third kappa shape index (κ3) is 9.73. The van der Waals surface area contributed by atoms with E-state index in [-0.39, 0.29) is 0 Å². The fraction of sp³-hybridized carbons (Fsp3) is 0.474. The predicted octanol–water partition coefficient (Wildman–Crippen LogP) is 9.51. The molecule has 2 aromatic rings. The molecule has 0 spiro atoms. The molecule has 2 atom stereocenters. The number of hydrogen-bond acceptors (Lipinski definition) is 6. The summed E-state index contributed by atoms with van der Waals surface area (Å²) in [4.78, 5) is 18.3. The zero-order valence-corrected chi connectivity index (χ0v) is 28.6. The van der Waals surface area contributed by atoms with Crippen LogP contribution in [-0.2, 0) is 6.42 Å². The van der Waals surface area contributed by atoms with Gasteiger partial charge in [0.25, 0.3) is 0 Å². The molecule has 2 unspecified atom stereocenters. The molecular weight excluding hydrogens is 540 g/mol. The molecule has 3 heterocycles. The van der Waals surface area contributed by atoms with Crippen molar-refractivity contribution in [3.63, 3.8) is 0 Å². The van der Waals surface area contributed by atoms with Crippen LogP contribution >= 0.6 is 0 Å². The van der Waals surface area contributed by atoms with Crippen LogP contribution in [0.15, 0.2) is 70.5 Å². The van der Waals surface area contributed by atoms with E-state index in [9.17, 15) is 0 Å². The number of rotatable bonds is 5. The van der Waals surface area contributed by atoms with E-state index in [4.69, 9.17) is 4.99 Å². The van der Waals surface area contributed by atoms with Crippen LogP contribution in [0.5, 0.6) is 0 Å². The first kappa shape index (κ1) is 34.9. The summed E-state index contributed by atoms with van der Waals surface area (Å²) in [7, 11) is 0. The van der Waals surface area contributed by atoms with Gasteiger partial charge in [-0.15, -0.1) is 0 Å². The maximum atomic E-state index is 4.71. The largest absolute Gasteiger partial charge is 0.276 e. The fourth-order valence-corrected chi connectivity index (χ4v) is 5.53. The Morgan fingerprint density at radius 3 is 1.86 bits per heavy atom. The van der Waals surface area contributed by atoms with Gasteiger partial charge >= 0.3 is 0 Å². The van der Waals surface area contributed by atoms with Crippen LogP contribution in [-0.4, -0.2) is 31.6 Å². The third-order valence-electron chi connectivity index (χ3n) is 8.92. The molecule has 44 heavy (non-hydrogen) atoms. The molecule has 6 heteroatoms. The fourth-order valence-electron chi connectivity index (χ4n) is 5.53. The van der Waals surface area contributed by atoms with Crippen molar-refractivity contribution >= 4 is 17.0 Å². The monoisotopic (exact) mass is 592 g/mol. The van der Waals surface area contributed by atoms with Crippen LogP contribution in [0.2, 0.25) is 0 Å². The predicted molar refractivity (Wildman–Crippen MR) is 186 cm³/mol. The summed E-state index contributed by atoms with van der Waals surface area (Å²) in [5, 5.41) is 7.64. The molecule has 0 amide bonds. The summed E-state index contributed by atoms with van der Waals surface area (Å²) in [6, 6.07) is 4.08. The maximum Gasteiger partial charge on any atom is 0.113 e. The Labute approximate surface area is 266 Å². The Hall–Kier alpha value is -3.54. The van der Waals surface area contributed by atoms with Gasteiger partial charge in [0, 0.05) is 6.20 Å². The highest BCUT2D eigenvalue weighted by molar-refractivity contribution is 6.48. The normalized spacial score (nSPS) is 20.5. The number of hydrogen-bond donors (Lipinski definition) is 0. The lowest BCUT2D eigenvalue weighted by molar-refractivity contribution is 0.548. The van der Waals surface area contributed by atoms with Crippen LogP contribution in [0.1, 0.15) is 108 Å². The van der Waals surface area contributed by atoms with Gasteiger partial charge in [-0.05, 0) is 135 Å². The van der Waals surface area contributed by atoms with Crippen LogP contribution in [0, 0.1) is 44.7 Å². The molecule has 0 aromatic carbocycles. The number of aliphatic imine (C=N–C) groups is 2. The Morgan fingerprint density at radius 2 is 1.39 bits per heavy atom. The van der Waals surface area contributed by atoms with Crippen molar-refractivity contribution in [2.45, 2.75) is 107 Å². The summed E-state index contributed by atoms with van der Waals surface area (Å²) < 4.78 is 0. The van der Waals surface area contributed by atoms with E-state index in [1.807, 2.05) is 46.9 Å². The number of allylic oxidation sites excluding steroid dienone is 6.